The van der Waals surface area contributed by atoms with Gasteiger partial charge in [0.05, 0.1) is 5.69 Å². The van der Waals surface area contributed by atoms with Gasteiger partial charge in [0.2, 0.25) is 12.7 Å². The molecule has 4 heterocycles. The maximum absolute atomic E-state index is 12.8. The summed E-state index contributed by atoms with van der Waals surface area (Å²) in [5.41, 5.74) is 2.05. The van der Waals surface area contributed by atoms with Crippen LogP contribution in [-0.4, -0.2) is 41.0 Å². The first-order chi connectivity index (χ1) is 15.5. The van der Waals surface area contributed by atoms with Gasteiger partial charge in [0.25, 0.3) is 0 Å². The number of fused-ring (bicyclic) bond motifs is 1. The normalized spacial score (nSPS) is 15.8. The highest BCUT2D eigenvalue weighted by molar-refractivity contribution is 7.15. The van der Waals surface area contributed by atoms with Gasteiger partial charge < -0.3 is 19.7 Å². The SMILES string of the molecule is Cc1nc(NC(=O)C2CCN(c3ccc(Cl)nn3)CC2)sc1Cc1ccc2c(c1)OCO2. The molecule has 1 amide bonds. The molecular formula is C22H22ClN5O3S. The van der Waals surface area contributed by atoms with Gasteiger partial charge in [-0.15, -0.1) is 21.5 Å². The van der Waals surface area contributed by atoms with E-state index in [4.69, 9.17) is 21.1 Å². The number of carbonyl (C=O) groups excluding carboxylic acids is 1. The van der Waals surface area contributed by atoms with E-state index in [0.717, 1.165) is 65.8 Å². The molecule has 0 atom stereocenters. The lowest BCUT2D eigenvalue weighted by atomic mass is 9.96. The molecule has 1 fully saturated rings. The third kappa shape index (κ3) is 4.49. The summed E-state index contributed by atoms with van der Waals surface area (Å²) in [5.74, 6) is 2.31. The highest BCUT2D eigenvalue weighted by atomic mass is 35.5. The molecule has 0 spiro atoms. The smallest absolute Gasteiger partial charge is 0.231 e. The summed E-state index contributed by atoms with van der Waals surface area (Å²) in [7, 11) is 0. The van der Waals surface area contributed by atoms with Gasteiger partial charge in [-0.2, -0.15) is 0 Å². The Labute approximate surface area is 194 Å². The van der Waals surface area contributed by atoms with Crippen LogP contribution in [0.1, 0.15) is 29.0 Å². The fraction of sp³-hybridized carbons (Fsp3) is 0.364. The van der Waals surface area contributed by atoms with Gasteiger partial charge in [0, 0.05) is 30.3 Å². The first kappa shape index (κ1) is 21.0. The van der Waals surface area contributed by atoms with Gasteiger partial charge in [-0.1, -0.05) is 17.7 Å². The maximum atomic E-state index is 12.8. The highest BCUT2D eigenvalue weighted by Crippen LogP contribution is 2.34. The fourth-order valence-electron chi connectivity index (χ4n) is 3.94. The summed E-state index contributed by atoms with van der Waals surface area (Å²) >= 11 is 7.33. The van der Waals surface area contributed by atoms with Gasteiger partial charge in [-0.3, -0.25) is 4.79 Å². The molecule has 2 aliphatic rings. The van der Waals surface area contributed by atoms with Crippen LogP contribution in [0.5, 0.6) is 11.5 Å². The first-order valence-corrected chi connectivity index (χ1v) is 11.6. The number of amides is 1. The number of hydrogen-bond donors (Lipinski definition) is 1. The fourth-order valence-corrected chi connectivity index (χ4v) is 5.04. The Morgan fingerprint density at radius 3 is 2.78 bits per heavy atom. The zero-order chi connectivity index (χ0) is 22.1. The number of halogens is 1. The van der Waals surface area contributed by atoms with E-state index < -0.39 is 0 Å². The minimum Gasteiger partial charge on any atom is -0.454 e. The molecule has 10 heteroatoms. The monoisotopic (exact) mass is 471 g/mol. The van der Waals surface area contributed by atoms with Crippen molar-refractivity contribution in [3.63, 3.8) is 0 Å². The van der Waals surface area contributed by atoms with Crippen LogP contribution in [0.4, 0.5) is 10.9 Å². The number of piperidine rings is 1. The molecule has 5 rings (SSSR count). The molecule has 0 bridgehead atoms. The van der Waals surface area contributed by atoms with Crippen LogP contribution < -0.4 is 19.7 Å². The number of aromatic nitrogens is 3. The van der Waals surface area contributed by atoms with Crippen LogP contribution in [0.25, 0.3) is 0 Å². The third-order valence-corrected chi connectivity index (χ3v) is 7.01. The molecule has 0 radical (unpaired) electrons. The molecule has 1 aromatic carbocycles. The number of thiazole rings is 1. The van der Waals surface area contributed by atoms with E-state index in [0.29, 0.717) is 10.3 Å². The van der Waals surface area contributed by atoms with Crippen LogP contribution in [0, 0.1) is 12.8 Å². The van der Waals surface area contributed by atoms with Crippen molar-refractivity contribution in [3.8, 4) is 11.5 Å². The van der Waals surface area contributed by atoms with Crippen molar-refractivity contribution in [2.75, 3.05) is 30.1 Å². The van der Waals surface area contributed by atoms with Gasteiger partial charge >= 0.3 is 0 Å². The lowest BCUT2D eigenvalue weighted by Gasteiger charge is -2.31. The second kappa shape index (κ2) is 8.91. The van der Waals surface area contributed by atoms with E-state index >= 15 is 0 Å². The second-order valence-corrected chi connectivity index (χ2v) is 9.33. The zero-order valence-corrected chi connectivity index (χ0v) is 19.1. The molecule has 1 N–H and O–H groups in total. The van der Waals surface area contributed by atoms with E-state index in [-0.39, 0.29) is 18.6 Å². The predicted molar refractivity (Wildman–Crippen MR) is 123 cm³/mol. The molecule has 3 aromatic rings. The Kier molecular flexibility index (Phi) is 5.84. The van der Waals surface area contributed by atoms with Gasteiger partial charge in [0.1, 0.15) is 0 Å². The summed E-state index contributed by atoms with van der Waals surface area (Å²) in [6.45, 7) is 3.74. The van der Waals surface area contributed by atoms with Crippen LogP contribution in [0.15, 0.2) is 30.3 Å². The number of ether oxygens (including phenoxy) is 2. The van der Waals surface area contributed by atoms with Gasteiger partial charge in [-0.25, -0.2) is 4.98 Å². The molecular weight excluding hydrogens is 450 g/mol. The standard InChI is InChI=1S/C22H22ClN5O3S/c1-13-18(11-14-2-3-16-17(10-14)31-12-30-16)32-22(24-13)25-21(29)15-6-8-28(9-7-15)20-5-4-19(23)26-27-20/h2-5,10,15H,6-9,11-12H2,1H3,(H,24,25,29). The molecule has 2 aliphatic heterocycles. The Hall–Kier alpha value is -2.91. The third-order valence-electron chi connectivity index (χ3n) is 5.73. The van der Waals surface area contributed by atoms with Gasteiger partial charge in [0.15, 0.2) is 27.6 Å². The summed E-state index contributed by atoms with van der Waals surface area (Å²) < 4.78 is 10.8. The minimum atomic E-state index is -0.0481. The highest BCUT2D eigenvalue weighted by Gasteiger charge is 2.26. The summed E-state index contributed by atoms with van der Waals surface area (Å²) in [6.07, 6.45) is 2.24. The molecule has 166 valence electrons. The lowest BCUT2D eigenvalue weighted by Crippen LogP contribution is -2.38. The van der Waals surface area contributed by atoms with Crippen LogP contribution in [0.3, 0.4) is 0 Å². The number of carbonyl (C=O) groups is 1. The predicted octanol–water partition coefficient (Wildman–Crippen LogP) is 4.07. The molecule has 0 saturated carbocycles. The summed E-state index contributed by atoms with van der Waals surface area (Å²) in [5, 5.41) is 12.1. The molecule has 2 aromatic heterocycles. The van der Waals surface area contributed by atoms with Crippen molar-refractivity contribution in [3.05, 3.63) is 51.6 Å². The molecule has 32 heavy (non-hydrogen) atoms. The van der Waals surface area contributed by atoms with Crippen LogP contribution in [0.2, 0.25) is 5.15 Å². The number of anilines is 2. The van der Waals surface area contributed by atoms with E-state index in [2.05, 4.69) is 25.4 Å². The average Bonchev–Trinajstić information content (AvgIpc) is 3.40. The molecule has 8 nitrogen and oxygen atoms in total. The quantitative estimate of drug-likeness (QED) is 0.599. The zero-order valence-electron chi connectivity index (χ0n) is 17.5. The Morgan fingerprint density at radius 2 is 2.00 bits per heavy atom. The average molecular weight is 472 g/mol. The Balaban J connectivity index is 1.18. The minimum absolute atomic E-state index is 0.0234. The Morgan fingerprint density at radius 1 is 1.19 bits per heavy atom. The number of nitrogens with one attached hydrogen (secondary N) is 1. The van der Waals surface area contributed by atoms with E-state index in [1.165, 1.54) is 11.3 Å². The van der Waals surface area contributed by atoms with Crippen molar-refractivity contribution < 1.29 is 14.3 Å². The van der Waals surface area contributed by atoms with Crippen molar-refractivity contribution in [2.45, 2.75) is 26.2 Å². The van der Waals surface area contributed by atoms with E-state index in [1.807, 2.05) is 31.2 Å². The number of nitrogens with zero attached hydrogens (tertiary/aromatic N) is 4. The molecule has 0 aliphatic carbocycles. The van der Waals surface area contributed by atoms with Crippen LogP contribution >= 0.6 is 22.9 Å². The number of rotatable bonds is 5. The van der Waals surface area contributed by atoms with Crippen molar-refractivity contribution in [2.24, 2.45) is 5.92 Å². The summed E-state index contributed by atoms with van der Waals surface area (Å²) in [6, 6.07) is 9.55. The molecule has 1 saturated heterocycles. The number of aryl methyl sites for hydroxylation is 1. The topological polar surface area (TPSA) is 89.5 Å². The largest absolute Gasteiger partial charge is 0.454 e. The summed E-state index contributed by atoms with van der Waals surface area (Å²) in [4.78, 5) is 20.6. The van der Waals surface area contributed by atoms with Gasteiger partial charge in [-0.05, 0) is 49.6 Å². The number of benzene rings is 1. The van der Waals surface area contributed by atoms with Crippen molar-refractivity contribution >= 4 is 39.8 Å². The number of hydrogen-bond acceptors (Lipinski definition) is 8. The first-order valence-electron chi connectivity index (χ1n) is 10.4. The maximum Gasteiger partial charge on any atom is 0.231 e. The van der Waals surface area contributed by atoms with Crippen LogP contribution in [-0.2, 0) is 11.2 Å². The Bertz CT molecular complexity index is 1130. The second-order valence-electron chi connectivity index (χ2n) is 7.86. The van der Waals surface area contributed by atoms with E-state index in [9.17, 15) is 4.79 Å². The van der Waals surface area contributed by atoms with Crippen molar-refractivity contribution in [1.82, 2.24) is 15.2 Å². The lowest BCUT2D eigenvalue weighted by molar-refractivity contribution is -0.120. The van der Waals surface area contributed by atoms with Crippen molar-refractivity contribution in [1.29, 1.82) is 0 Å². The molecule has 0 unspecified atom stereocenters. The van der Waals surface area contributed by atoms with E-state index in [1.54, 1.807) is 6.07 Å².